The van der Waals surface area contributed by atoms with Crippen LogP contribution in [0.4, 0.5) is 10.8 Å². The first-order valence-corrected chi connectivity index (χ1v) is 11.9. The van der Waals surface area contributed by atoms with Gasteiger partial charge in [0.1, 0.15) is 0 Å². The van der Waals surface area contributed by atoms with Gasteiger partial charge in [-0.2, -0.15) is 4.31 Å². The summed E-state index contributed by atoms with van der Waals surface area (Å²) in [5.74, 6) is -0.903. The maximum atomic E-state index is 12.7. The van der Waals surface area contributed by atoms with Gasteiger partial charge >= 0.3 is 0 Å². The van der Waals surface area contributed by atoms with Crippen LogP contribution < -0.4 is 10.2 Å². The number of anilines is 2. The van der Waals surface area contributed by atoms with Crippen LogP contribution in [0.1, 0.15) is 12.1 Å². The molecule has 2 aromatic rings. The molecule has 2 saturated heterocycles. The predicted molar refractivity (Wildman–Crippen MR) is 112 cm³/mol. The van der Waals surface area contributed by atoms with Gasteiger partial charge in [-0.3, -0.25) is 9.59 Å². The number of carbonyl (C=O) groups excluding carboxylic acids is 2. The fraction of sp³-hybridized carbons (Fsp3) is 0.421. The lowest BCUT2D eigenvalue weighted by molar-refractivity contribution is -0.122. The fourth-order valence-corrected chi connectivity index (χ4v) is 5.58. The van der Waals surface area contributed by atoms with E-state index in [0.717, 1.165) is 5.69 Å². The molecular weight excluding hydrogens is 428 g/mol. The van der Waals surface area contributed by atoms with Crippen molar-refractivity contribution in [3.8, 4) is 0 Å². The van der Waals surface area contributed by atoms with E-state index in [2.05, 4.69) is 10.3 Å². The Balaban J connectivity index is 1.44. The molecule has 1 atom stereocenters. The van der Waals surface area contributed by atoms with Crippen molar-refractivity contribution in [2.45, 2.75) is 18.2 Å². The Labute approximate surface area is 178 Å². The normalized spacial score (nSPS) is 20.5. The molecule has 30 heavy (non-hydrogen) atoms. The molecule has 0 unspecified atom stereocenters. The number of rotatable bonds is 5. The molecule has 9 nitrogen and oxygen atoms in total. The lowest BCUT2D eigenvalue weighted by Gasteiger charge is -2.26. The minimum absolute atomic E-state index is 0.101. The van der Waals surface area contributed by atoms with Crippen LogP contribution in [-0.4, -0.2) is 62.4 Å². The van der Waals surface area contributed by atoms with Crippen molar-refractivity contribution >= 4 is 44.0 Å². The first-order valence-electron chi connectivity index (χ1n) is 9.56. The van der Waals surface area contributed by atoms with Crippen LogP contribution in [0.2, 0.25) is 0 Å². The minimum Gasteiger partial charge on any atom is -0.379 e. The van der Waals surface area contributed by atoms with Crippen molar-refractivity contribution in [1.82, 2.24) is 9.29 Å². The van der Waals surface area contributed by atoms with Crippen molar-refractivity contribution in [1.29, 1.82) is 0 Å². The molecule has 11 heteroatoms. The fourth-order valence-electron chi connectivity index (χ4n) is 3.49. The third-order valence-corrected chi connectivity index (χ3v) is 7.89. The van der Waals surface area contributed by atoms with Crippen LogP contribution in [-0.2, 0) is 24.3 Å². The molecule has 2 fully saturated rings. The Bertz CT molecular complexity index is 1050. The molecule has 160 valence electrons. The van der Waals surface area contributed by atoms with Crippen molar-refractivity contribution in [3.63, 3.8) is 0 Å². The maximum Gasteiger partial charge on any atom is 0.243 e. The van der Waals surface area contributed by atoms with Crippen molar-refractivity contribution in [3.05, 3.63) is 35.3 Å². The van der Waals surface area contributed by atoms with Crippen LogP contribution in [0.5, 0.6) is 0 Å². The number of nitrogens with one attached hydrogen (secondary N) is 1. The minimum atomic E-state index is -3.59. The molecule has 0 saturated carbocycles. The third-order valence-electron chi connectivity index (χ3n) is 5.10. The van der Waals surface area contributed by atoms with Gasteiger partial charge in [-0.25, -0.2) is 13.4 Å². The summed E-state index contributed by atoms with van der Waals surface area (Å²) in [5.41, 5.74) is 1.40. The molecule has 3 heterocycles. The van der Waals surface area contributed by atoms with E-state index in [1.54, 1.807) is 12.1 Å². The van der Waals surface area contributed by atoms with Crippen LogP contribution >= 0.6 is 11.3 Å². The SMILES string of the molecule is Cc1csc(NC(=O)[C@H]2CC(=O)N(c3ccc(S(=O)(=O)N4CCOCC4)cc3)C2)n1. The zero-order chi connectivity index (χ0) is 21.3. The highest BCUT2D eigenvalue weighted by molar-refractivity contribution is 7.89. The highest BCUT2D eigenvalue weighted by atomic mass is 32.2. The standard InChI is InChI=1S/C19H22N4O5S2/c1-13-12-29-19(20-13)21-18(25)14-10-17(24)23(11-14)15-2-4-16(5-3-15)30(26,27)22-6-8-28-9-7-22/h2-5,12,14H,6-11H2,1H3,(H,20,21,25)/t14-/m0/s1. The molecule has 0 spiro atoms. The van der Waals surface area contributed by atoms with Gasteiger partial charge < -0.3 is 15.0 Å². The Morgan fingerprint density at radius 1 is 1.23 bits per heavy atom. The van der Waals surface area contributed by atoms with E-state index in [9.17, 15) is 18.0 Å². The molecule has 4 rings (SSSR count). The van der Waals surface area contributed by atoms with E-state index in [-0.39, 0.29) is 29.7 Å². The van der Waals surface area contributed by atoms with Crippen molar-refractivity contribution < 1.29 is 22.7 Å². The highest BCUT2D eigenvalue weighted by Crippen LogP contribution is 2.28. The number of aryl methyl sites for hydroxylation is 1. The molecule has 1 aromatic carbocycles. The van der Waals surface area contributed by atoms with Gasteiger partial charge in [0.15, 0.2) is 5.13 Å². The Kier molecular flexibility index (Phi) is 5.87. The first-order chi connectivity index (χ1) is 14.3. The summed E-state index contributed by atoms with van der Waals surface area (Å²) in [6.07, 6.45) is 0.101. The molecule has 2 aliphatic rings. The number of hydrogen-bond donors (Lipinski definition) is 1. The van der Waals surface area contributed by atoms with Crippen molar-refractivity contribution in [2.75, 3.05) is 43.1 Å². The molecule has 2 aliphatic heterocycles. The lowest BCUT2D eigenvalue weighted by atomic mass is 10.1. The molecule has 1 aromatic heterocycles. The summed E-state index contributed by atoms with van der Waals surface area (Å²) in [4.78, 5) is 30.9. The number of hydrogen-bond acceptors (Lipinski definition) is 7. The quantitative estimate of drug-likeness (QED) is 0.739. The Hall–Kier alpha value is -2.34. The number of carbonyl (C=O) groups is 2. The third kappa shape index (κ3) is 4.24. The number of benzene rings is 1. The summed E-state index contributed by atoms with van der Waals surface area (Å²) < 4.78 is 32.1. The van der Waals surface area contributed by atoms with Crippen molar-refractivity contribution in [2.24, 2.45) is 5.92 Å². The average Bonchev–Trinajstić information content (AvgIpc) is 3.34. The van der Waals surface area contributed by atoms with Gasteiger partial charge in [0, 0.05) is 37.1 Å². The average molecular weight is 451 g/mol. The van der Waals surface area contributed by atoms with Gasteiger partial charge in [0.05, 0.1) is 29.7 Å². The molecule has 1 N–H and O–H groups in total. The van der Waals surface area contributed by atoms with E-state index < -0.39 is 15.9 Å². The van der Waals surface area contributed by atoms with Gasteiger partial charge in [-0.1, -0.05) is 0 Å². The molecule has 0 aliphatic carbocycles. The lowest BCUT2D eigenvalue weighted by Crippen LogP contribution is -2.40. The second kappa shape index (κ2) is 8.42. The second-order valence-electron chi connectivity index (χ2n) is 7.20. The van der Waals surface area contributed by atoms with Crippen LogP contribution in [0, 0.1) is 12.8 Å². The van der Waals surface area contributed by atoms with Gasteiger partial charge in [-0.15, -0.1) is 11.3 Å². The number of sulfonamides is 1. The zero-order valence-electron chi connectivity index (χ0n) is 16.4. The van der Waals surface area contributed by atoms with E-state index in [0.29, 0.717) is 37.1 Å². The summed E-state index contributed by atoms with van der Waals surface area (Å²) in [6, 6.07) is 6.21. The van der Waals surface area contributed by atoms with E-state index in [1.807, 2.05) is 12.3 Å². The molecule has 0 radical (unpaired) electrons. The van der Waals surface area contributed by atoms with Gasteiger partial charge in [0.25, 0.3) is 0 Å². The van der Waals surface area contributed by atoms with Gasteiger partial charge in [-0.05, 0) is 31.2 Å². The van der Waals surface area contributed by atoms with Crippen LogP contribution in [0.15, 0.2) is 34.5 Å². The van der Waals surface area contributed by atoms with E-state index >= 15 is 0 Å². The summed E-state index contributed by atoms with van der Waals surface area (Å²) >= 11 is 1.34. The number of nitrogens with zero attached hydrogens (tertiary/aromatic N) is 3. The second-order valence-corrected chi connectivity index (χ2v) is 10.00. The largest absolute Gasteiger partial charge is 0.379 e. The van der Waals surface area contributed by atoms with Gasteiger partial charge in [0.2, 0.25) is 21.8 Å². The maximum absolute atomic E-state index is 12.7. The molecule has 2 amide bonds. The number of ether oxygens (including phenoxy) is 1. The first kappa shape index (κ1) is 20.9. The number of thiazole rings is 1. The Morgan fingerprint density at radius 2 is 1.93 bits per heavy atom. The summed E-state index contributed by atoms with van der Waals surface area (Å²) in [6.45, 7) is 3.49. The smallest absolute Gasteiger partial charge is 0.243 e. The monoisotopic (exact) mass is 450 g/mol. The molecule has 0 bridgehead atoms. The Morgan fingerprint density at radius 3 is 2.57 bits per heavy atom. The predicted octanol–water partition coefficient (Wildman–Crippen LogP) is 1.46. The van der Waals surface area contributed by atoms with E-state index in [1.165, 1.54) is 32.7 Å². The summed E-state index contributed by atoms with van der Waals surface area (Å²) in [7, 11) is -3.59. The zero-order valence-corrected chi connectivity index (χ0v) is 18.0. The number of amides is 2. The summed E-state index contributed by atoms with van der Waals surface area (Å²) in [5, 5.41) is 5.11. The highest BCUT2D eigenvalue weighted by Gasteiger charge is 2.35. The molecular formula is C19H22N4O5S2. The van der Waals surface area contributed by atoms with E-state index in [4.69, 9.17) is 4.74 Å². The number of morpholine rings is 1. The van der Waals surface area contributed by atoms with Crippen LogP contribution in [0.25, 0.3) is 0 Å². The van der Waals surface area contributed by atoms with Crippen LogP contribution in [0.3, 0.4) is 0 Å². The topological polar surface area (TPSA) is 109 Å². The number of aromatic nitrogens is 1.